The third-order valence-electron chi connectivity index (χ3n) is 6.44. The first kappa shape index (κ1) is 30.1. The van der Waals surface area contributed by atoms with Crippen LogP contribution in [0.15, 0.2) is 95.1 Å². The first-order valence-electron chi connectivity index (χ1n) is 13.9. The van der Waals surface area contributed by atoms with E-state index in [2.05, 4.69) is 10.3 Å². The van der Waals surface area contributed by atoms with Gasteiger partial charge in [-0.3, -0.25) is 4.79 Å². The molecule has 3 aromatic carbocycles. The first-order valence-corrected chi connectivity index (χ1v) is 13.9. The monoisotopic (exact) mass is 568 g/mol. The molecule has 1 aromatic heterocycles. The smallest absolute Gasteiger partial charge is 0.326 e. The largest absolute Gasteiger partial charge is 0.493 e. The van der Waals surface area contributed by atoms with E-state index >= 15 is 0 Å². The Morgan fingerprint density at radius 1 is 0.976 bits per heavy atom. The van der Waals surface area contributed by atoms with Gasteiger partial charge < -0.3 is 24.3 Å². The summed E-state index contributed by atoms with van der Waals surface area (Å²) >= 11 is 0. The minimum atomic E-state index is -1.01. The minimum Gasteiger partial charge on any atom is -0.493 e. The van der Waals surface area contributed by atoms with Gasteiger partial charge in [-0.2, -0.15) is 0 Å². The minimum absolute atomic E-state index is 0.0401. The summed E-state index contributed by atoms with van der Waals surface area (Å²) in [6, 6.07) is 23.0. The summed E-state index contributed by atoms with van der Waals surface area (Å²) in [7, 11) is 0. The Labute approximate surface area is 246 Å². The molecule has 0 spiro atoms. The van der Waals surface area contributed by atoms with E-state index < -0.39 is 12.0 Å². The maximum absolute atomic E-state index is 12.7. The Hall–Kier alpha value is -4.85. The van der Waals surface area contributed by atoms with E-state index in [4.69, 9.17) is 13.9 Å². The molecule has 4 aromatic rings. The Kier molecular flexibility index (Phi) is 10.2. The van der Waals surface area contributed by atoms with Crippen LogP contribution in [0.1, 0.15) is 48.1 Å². The van der Waals surface area contributed by atoms with E-state index in [9.17, 15) is 14.7 Å². The van der Waals surface area contributed by atoms with Crippen molar-refractivity contribution in [2.75, 3.05) is 6.61 Å². The van der Waals surface area contributed by atoms with Gasteiger partial charge in [-0.25, -0.2) is 9.78 Å². The summed E-state index contributed by atoms with van der Waals surface area (Å²) in [6.07, 6.45) is 2.27. The van der Waals surface area contributed by atoms with E-state index in [1.54, 1.807) is 31.2 Å². The van der Waals surface area contributed by atoms with Crippen LogP contribution in [0.4, 0.5) is 0 Å². The van der Waals surface area contributed by atoms with Crippen molar-refractivity contribution in [3.63, 3.8) is 0 Å². The van der Waals surface area contributed by atoms with Crippen molar-refractivity contribution in [1.82, 2.24) is 10.3 Å². The van der Waals surface area contributed by atoms with Gasteiger partial charge in [0.2, 0.25) is 5.89 Å². The number of oxazole rings is 1. The molecule has 1 atom stereocenters. The predicted molar refractivity (Wildman–Crippen MR) is 161 cm³/mol. The highest BCUT2D eigenvalue weighted by Gasteiger charge is 2.18. The average molecular weight is 569 g/mol. The number of hydrogen-bond donors (Lipinski definition) is 2. The van der Waals surface area contributed by atoms with Crippen molar-refractivity contribution in [3.8, 4) is 23.0 Å². The second-order valence-corrected chi connectivity index (χ2v) is 10.3. The van der Waals surface area contributed by atoms with Gasteiger partial charge in [0.15, 0.2) is 5.78 Å². The lowest BCUT2D eigenvalue weighted by molar-refractivity contribution is -0.139. The molecule has 0 aliphatic rings. The van der Waals surface area contributed by atoms with Gasteiger partial charge in [0.1, 0.15) is 23.3 Å². The van der Waals surface area contributed by atoms with E-state index in [0.717, 1.165) is 22.6 Å². The van der Waals surface area contributed by atoms with Crippen LogP contribution in [0.2, 0.25) is 0 Å². The van der Waals surface area contributed by atoms with Crippen molar-refractivity contribution in [2.24, 2.45) is 0 Å². The van der Waals surface area contributed by atoms with Crippen LogP contribution in [-0.2, 0) is 17.6 Å². The van der Waals surface area contributed by atoms with Gasteiger partial charge in [0.25, 0.3) is 0 Å². The van der Waals surface area contributed by atoms with Crippen LogP contribution >= 0.6 is 0 Å². The summed E-state index contributed by atoms with van der Waals surface area (Å²) in [4.78, 5) is 29.2. The van der Waals surface area contributed by atoms with Crippen molar-refractivity contribution in [3.05, 3.63) is 113 Å². The molecule has 8 nitrogen and oxygen atoms in total. The van der Waals surface area contributed by atoms with Gasteiger partial charge in [0, 0.05) is 35.7 Å². The molecule has 0 unspecified atom stereocenters. The number of benzene rings is 3. The number of carbonyl (C=O) groups excluding carboxylic acids is 1. The maximum atomic E-state index is 12.7. The quantitative estimate of drug-likeness (QED) is 0.132. The van der Waals surface area contributed by atoms with Gasteiger partial charge in [0.05, 0.1) is 18.4 Å². The standard InChI is InChI=1S/C34H36N2O6/c1-22(2)41-29-16-12-26(13-17-29)32(37)20-23(3)35-31(34(38)39)21-25-10-14-28(15-11-25)40-19-18-30-24(4)42-33(36-30)27-8-6-5-7-9-27/h5-17,20,22,31,35H,18-19,21H2,1-4H3,(H,38,39)/t31-/m0/s1. The number of ketones is 1. The second kappa shape index (κ2) is 14.2. The van der Waals surface area contributed by atoms with E-state index in [0.29, 0.717) is 41.7 Å². The van der Waals surface area contributed by atoms with Gasteiger partial charge >= 0.3 is 5.97 Å². The summed E-state index contributed by atoms with van der Waals surface area (Å²) in [5.41, 5.74) is 3.55. The first-order chi connectivity index (χ1) is 20.2. The molecular formula is C34H36N2O6. The van der Waals surface area contributed by atoms with Crippen molar-refractivity contribution in [1.29, 1.82) is 0 Å². The fourth-order valence-corrected chi connectivity index (χ4v) is 4.35. The molecule has 42 heavy (non-hydrogen) atoms. The van der Waals surface area contributed by atoms with E-state index in [-0.39, 0.29) is 18.3 Å². The highest BCUT2D eigenvalue weighted by atomic mass is 16.5. The molecule has 0 aliphatic heterocycles. The summed E-state index contributed by atoms with van der Waals surface area (Å²) in [6.45, 7) is 7.86. The number of carboxylic acid groups (broad SMARTS) is 1. The highest BCUT2D eigenvalue weighted by molar-refractivity contribution is 6.04. The molecule has 1 heterocycles. The van der Waals surface area contributed by atoms with Gasteiger partial charge in [-0.1, -0.05) is 30.3 Å². The van der Waals surface area contributed by atoms with Crippen LogP contribution in [0, 0.1) is 6.92 Å². The molecule has 2 N–H and O–H groups in total. The fourth-order valence-electron chi connectivity index (χ4n) is 4.35. The molecule has 4 rings (SSSR count). The Morgan fingerprint density at radius 2 is 1.64 bits per heavy atom. The van der Waals surface area contributed by atoms with Crippen molar-refractivity contribution >= 4 is 11.8 Å². The average Bonchev–Trinajstić information content (AvgIpc) is 3.34. The Balaban J connectivity index is 1.29. The summed E-state index contributed by atoms with van der Waals surface area (Å²) in [5.74, 6) is 1.48. The van der Waals surface area contributed by atoms with Crippen LogP contribution in [-0.4, -0.2) is 40.6 Å². The SMILES string of the molecule is CC(=CC(=O)c1ccc(OC(C)C)cc1)N[C@@H](Cc1ccc(OCCc2nc(-c3ccccc3)oc2C)cc1)C(=O)O. The molecule has 218 valence electrons. The number of aryl methyl sites for hydroxylation is 1. The molecule has 0 fully saturated rings. The van der Waals surface area contributed by atoms with E-state index in [1.165, 1.54) is 6.08 Å². The lowest BCUT2D eigenvalue weighted by Gasteiger charge is -2.16. The number of nitrogens with zero attached hydrogens (tertiary/aromatic N) is 1. The third kappa shape index (κ3) is 8.57. The number of rotatable bonds is 14. The third-order valence-corrected chi connectivity index (χ3v) is 6.44. The summed E-state index contributed by atoms with van der Waals surface area (Å²) < 4.78 is 17.3. The fraction of sp³-hybridized carbons (Fsp3) is 0.265. The zero-order chi connectivity index (χ0) is 30.1. The molecule has 0 radical (unpaired) electrons. The Morgan fingerprint density at radius 3 is 2.29 bits per heavy atom. The topological polar surface area (TPSA) is 111 Å². The number of ether oxygens (including phenoxy) is 2. The zero-order valence-electron chi connectivity index (χ0n) is 24.3. The van der Waals surface area contributed by atoms with E-state index in [1.807, 2.05) is 75.4 Å². The molecule has 0 amide bonds. The normalized spacial score (nSPS) is 12.2. The van der Waals surface area contributed by atoms with Gasteiger partial charge in [-0.15, -0.1) is 0 Å². The number of carboxylic acids is 1. The number of aromatic nitrogens is 1. The number of aliphatic carboxylic acids is 1. The molecule has 0 saturated carbocycles. The van der Waals surface area contributed by atoms with Crippen molar-refractivity contribution in [2.45, 2.75) is 52.7 Å². The Bertz CT molecular complexity index is 1510. The molecule has 0 saturated heterocycles. The maximum Gasteiger partial charge on any atom is 0.326 e. The van der Waals surface area contributed by atoms with Gasteiger partial charge in [-0.05, 0) is 81.8 Å². The van der Waals surface area contributed by atoms with Crippen LogP contribution in [0.3, 0.4) is 0 Å². The predicted octanol–water partition coefficient (Wildman–Crippen LogP) is 6.43. The lowest BCUT2D eigenvalue weighted by atomic mass is 10.0. The van der Waals surface area contributed by atoms with Crippen molar-refractivity contribution < 1.29 is 28.6 Å². The number of allylic oxidation sites excluding steroid dienone is 2. The number of nitrogens with one attached hydrogen (secondary N) is 1. The second-order valence-electron chi connectivity index (χ2n) is 10.3. The summed E-state index contributed by atoms with van der Waals surface area (Å²) in [5, 5.41) is 12.7. The molecule has 8 heteroatoms. The molecule has 0 aliphatic carbocycles. The zero-order valence-corrected chi connectivity index (χ0v) is 24.3. The van der Waals surface area contributed by atoms with Crippen LogP contribution in [0.5, 0.6) is 11.5 Å². The molecule has 0 bridgehead atoms. The number of carbonyl (C=O) groups is 2. The highest BCUT2D eigenvalue weighted by Crippen LogP contribution is 2.22. The van der Waals surface area contributed by atoms with Crippen LogP contribution < -0.4 is 14.8 Å². The van der Waals surface area contributed by atoms with Crippen LogP contribution in [0.25, 0.3) is 11.5 Å². The lowest BCUT2D eigenvalue weighted by Crippen LogP contribution is -2.37. The molecular weight excluding hydrogens is 532 g/mol. The number of hydrogen-bond acceptors (Lipinski definition) is 7.